The van der Waals surface area contributed by atoms with Crippen LogP contribution >= 0.6 is 0 Å². The van der Waals surface area contributed by atoms with Crippen molar-refractivity contribution in [1.29, 1.82) is 0 Å². The monoisotopic (exact) mass is 142 g/mol. The largest absolute Gasteiger partial charge is 0.303 e. The van der Waals surface area contributed by atoms with E-state index in [1.165, 1.54) is 0 Å². The van der Waals surface area contributed by atoms with E-state index in [4.69, 9.17) is 0 Å². The summed E-state index contributed by atoms with van der Waals surface area (Å²) >= 11 is 0. The third-order valence-electron chi connectivity index (χ3n) is 1.07. The maximum Gasteiger partial charge on any atom is 0.178 e. The molecule has 0 aromatic heterocycles. The van der Waals surface area contributed by atoms with Crippen molar-refractivity contribution in [2.75, 3.05) is 14.1 Å². The molecule has 0 bridgehead atoms. The zero-order valence-corrected chi connectivity index (χ0v) is 7.01. The van der Waals surface area contributed by atoms with Gasteiger partial charge in [-0.3, -0.25) is 4.79 Å². The van der Waals surface area contributed by atoms with Crippen LogP contribution in [0.15, 0.2) is 5.10 Å². The van der Waals surface area contributed by atoms with E-state index in [9.17, 15) is 4.79 Å². The average Bonchev–Trinajstić information content (AvgIpc) is 1.85. The standard InChI is InChI=1S/C7H14N2O/c1-5-7(10)6(2)8-9(3)4/h5H2,1-4H3. The first-order valence-corrected chi connectivity index (χ1v) is 3.33. The van der Waals surface area contributed by atoms with Gasteiger partial charge in [0.1, 0.15) is 5.71 Å². The second-order valence-corrected chi connectivity index (χ2v) is 2.31. The lowest BCUT2D eigenvalue weighted by Crippen LogP contribution is -2.14. The van der Waals surface area contributed by atoms with Crippen LogP contribution in [-0.4, -0.2) is 30.6 Å². The Kier molecular flexibility index (Phi) is 3.69. The lowest BCUT2D eigenvalue weighted by molar-refractivity contribution is -0.112. The Labute approximate surface area is 61.7 Å². The quantitative estimate of drug-likeness (QED) is 0.433. The number of carbonyl (C=O) groups excluding carboxylic acids is 1. The van der Waals surface area contributed by atoms with Crippen LogP contribution in [0.25, 0.3) is 0 Å². The molecular weight excluding hydrogens is 128 g/mol. The third-order valence-corrected chi connectivity index (χ3v) is 1.07. The van der Waals surface area contributed by atoms with Gasteiger partial charge >= 0.3 is 0 Å². The highest BCUT2D eigenvalue weighted by atomic mass is 16.1. The molecule has 0 saturated carbocycles. The molecule has 0 aromatic carbocycles. The molecule has 3 nitrogen and oxygen atoms in total. The smallest absolute Gasteiger partial charge is 0.178 e. The number of rotatable bonds is 3. The average molecular weight is 142 g/mol. The van der Waals surface area contributed by atoms with E-state index in [1.807, 2.05) is 6.92 Å². The number of nitrogens with zero attached hydrogens (tertiary/aromatic N) is 2. The van der Waals surface area contributed by atoms with Crippen LogP contribution in [0.5, 0.6) is 0 Å². The predicted molar refractivity (Wildman–Crippen MR) is 42.1 cm³/mol. The Hall–Kier alpha value is -0.860. The zero-order chi connectivity index (χ0) is 8.15. The van der Waals surface area contributed by atoms with Gasteiger partial charge in [-0.15, -0.1) is 0 Å². The highest BCUT2D eigenvalue weighted by Crippen LogP contribution is 1.87. The summed E-state index contributed by atoms with van der Waals surface area (Å²) in [5, 5.41) is 5.58. The van der Waals surface area contributed by atoms with Gasteiger partial charge < -0.3 is 5.01 Å². The van der Waals surface area contributed by atoms with Crippen LogP contribution in [0.2, 0.25) is 0 Å². The molecule has 0 N–H and O–H groups in total. The molecule has 58 valence electrons. The van der Waals surface area contributed by atoms with E-state index in [-0.39, 0.29) is 5.78 Å². The summed E-state index contributed by atoms with van der Waals surface area (Å²) in [6.07, 6.45) is 0.531. The van der Waals surface area contributed by atoms with Crippen molar-refractivity contribution >= 4 is 11.5 Å². The molecule has 0 aromatic rings. The third kappa shape index (κ3) is 3.22. The van der Waals surface area contributed by atoms with Crippen LogP contribution < -0.4 is 0 Å². The van der Waals surface area contributed by atoms with Gasteiger partial charge in [-0.05, 0) is 6.92 Å². The van der Waals surface area contributed by atoms with Gasteiger partial charge in [-0.2, -0.15) is 5.10 Å². The summed E-state index contributed by atoms with van der Waals surface area (Å²) in [6, 6.07) is 0. The fourth-order valence-corrected chi connectivity index (χ4v) is 0.612. The van der Waals surface area contributed by atoms with Crippen molar-refractivity contribution in [1.82, 2.24) is 5.01 Å². The number of hydrogen-bond acceptors (Lipinski definition) is 3. The van der Waals surface area contributed by atoms with Crippen molar-refractivity contribution in [2.24, 2.45) is 5.10 Å². The van der Waals surface area contributed by atoms with Gasteiger partial charge in [0.15, 0.2) is 5.78 Å². The molecule has 0 atom stereocenters. The normalized spacial score (nSPS) is 11.4. The second-order valence-electron chi connectivity index (χ2n) is 2.31. The second kappa shape index (κ2) is 4.04. The van der Waals surface area contributed by atoms with E-state index in [0.717, 1.165) is 0 Å². The van der Waals surface area contributed by atoms with Crippen LogP contribution in [-0.2, 0) is 4.79 Å². The first kappa shape index (κ1) is 9.14. The zero-order valence-electron chi connectivity index (χ0n) is 7.01. The van der Waals surface area contributed by atoms with E-state index in [1.54, 1.807) is 26.0 Å². The molecule has 0 fully saturated rings. The highest BCUT2D eigenvalue weighted by molar-refractivity contribution is 6.38. The van der Waals surface area contributed by atoms with Gasteiger partial charge in [0.25, 0.3) is 0 Å². The number of ketones is 1. The molecule has 0 aliphatic heterocycles. The molecule has 0 radical (unpaired) electrons. The minimum absolute atomic E-state index is 0.105. The lowest BCUT2D eigenvalue weighted by Gasteiger charge is -2.04. The Morgan fingerprint density at radius 3 is 2.30 bits per heavy atom. The van der Waals surface area contributed by atoms with Gasteiger partial charge in [0.05, 0.1) is 0 Å². The minimum atomic E-state index is 0.105. The molecule has 3 heteroatoms. The van der Waals surface area contributed by atoms with Crippen LogP contribution in [0.4, 0.5) is 0 Å². The summed E-state index contributed by atoms with van der Waals surface area (Å²) in [6.45, 7) is 3.56. The van der Waals surface area contributed by atoms with E-state index in [0.29, 0.717) is 12.1 Å². The molecule has 10 heavy (non-hydrogen) atoms. The number of hydrogen-bond donors (Lipinski definition) is 0. The topological polar surface area (TPSA) is 32.7 Å². The minimum Gasteiger partial charge on any atom is -0.303 e. The fraction of sp³-hybridized carbons (Fsp3) is 0.714. The Bertz CT molecular complexity index is 150. The molecule has 0 heterocycles. The molecule has 0 aliphatic carbocycles. The Morgan fingerprint density at radius 2 is 2.00 bits per heavy atom. The van der Waals surface area contributed by atoms with Gasteiger partial charge in [0.2, 0.25) is 0 Å². The van der Waals surface area contributed by atoms with Crippen LogP contribution in [0, 0.1) is 0 Å². The van der Waals surface area contributed by atoms with Gasteiger partial charge in [0, 0.05) is 20.5 Å². The van der Waals surface area contributed by atoms with Crippen molar-refractivity contribution in [3.63, 3.8) is 0 Å². The summed E-state index contributed by atoms with van der Waals surface area (Å²) in [4.78, 5) is 10.9. The maximum absolute atomic E-state index is 10.9. The number of hydrazone groups is 1. The predicted octanol–water partition coefficient (Wildman–Crippen LogP) is 0.903. The summed E-state index contributed by atoms with van der Waals surface area (Å²) in [7, 11) is 3.60. The first-order chi connectivity index (χ1) is 4.57. The molecular formula is C7H14N2O. The number of Topliss-reactive ketones (excluding diaryl/α,β-unsaturated/α-hetero) is 1. The lowest BCUT2D eigenvalue weighted by atomic mass is 10.2. The van der Waals surface area contributed by atoms with Crippen molar-refractivity contribution < 1.29 is 4.79 Å². The van der Waals surface area contributed by atoms with Crippen molar-refractivity contribution in [2.45, 2.75) is 20.3 Å². The summed E-state index contributed by atoms with van der Waals surface area (Å²) < 4.78 is 0. The van der Waals surface area contributed by atoms with Crippen molar-refractivity contribution in [3.05, 3.63) is 0 Å². The van der Waals surface area contributed by atoms with E-state index < -0.39 is 0 Å². The van der Waals surface area contributed by atoms with Crippen LogP contribution in [0.3, 0.4) is 0 Å². The molecule has 0 amide bonds. The first-order valence-electron chi connectivity index (χ1n) is 3.33. The molecule has 0 saturated heterocycles. The molecule has 0 aliphatic rings. The van der Waals surface area contributed by atoms with E-state index in [2.05, 4.69) is 5.10 Å². The highest BCUT2D eigenvalue weighted by Gasteiger charge is 2.01. The summed E-state index contributed by atoms with van der Waals surface area (Å²) in [5.41, 5.74) is 0.576. The van der Waals surface area contributed by atoms with E-state index >= 15 is 0 Å². The molecule has 0 unspecified atom stereocenters. The van der Waals surface area contributed by atoms with Crippen molar-refractivity contribution in [3.8, 4) is 0 Å². The summed E-state index contributed by atoms with van der Waals surface area (Å²) in [5.74, 6) is 0.105. The van der Waals surface area contributed by atoms with Gasteiger partial charge in [-0.25, -0.2) is 0 Å². The van der Waals surface area contributed by atoms with Gasteiger partial charge in [-0.1, -0.05) is 6.92 Å². The Morgan fingerprint density at radius 1 is 1.50 bits per heavy atom. The molecule has 0 rings (SSSR count). The molecule has 0 spiro atoms. The van der Waals surface area contributed by atoms with Crippen LogP contribution in [0.1, 0.15) is 20.3 Å². The SMILES string of the molecule is CCC(=O)C(C)=NN(C)C. The maximum atomic E-state index is 10.9. The fourth-order valence-electron chi connectivity index (χ4n) is 0.612. The number of carbonyl (C=O) groups is 1. The Balaban J connectivity index is 4.05.